The molecule has 1 N–H and O–H groups in total. The van der Waals surface area contributed by atoms with Crippen molar-refractivity contribution in [3.63, 3.8) is 0 Å². The van der Waals surface area contributed by atoms with E-state index in [4.69, 9.17) is 0 Å². The highest BCUT2D eigenvalue weighted by atomic mass is 16.5. The highest BCUT2D eigenvalue weighted by Gasteiger charge is 2.36. The summed E-state index contributed by atoms with van der Waals surface area (Å²) in [4.78, 5) is 46.3. The summed E-state index contributed by atoms with van der Waals surface area (Å²) >= 11 is 0. The minimum Gasteiger partial charge on any atom is -0.465 e. The minimum absolute atomic E-state index is 0.0933. The van der Waals surface area contributed by atoms with E-state index in [0.717, 1.165) is 5.57 Å². The van der Waals surface area contributed by atoms with E-state index in [1.165, 1.54) is 7.11 Å². The average Bonchev–Trinajstić information content (AvgIpc) is 2.95. The molecule has 1 fully saturated rings. The molecule has 0 aromatic carbocycles. The number of ketones is 1. The maximum absolute atomic E-state index is 12.1. The van der Waals surface area contributed by atoms with Crippen LogP contribution in [0.4, 0.5) is 0 Å². The summed E-state index contributed by atoms with van der Waals surface area (Å²) in [6.45, 7) is 5.20. The topological polar surface area (TPSA) is 89.5 Å². The van der Waals surface area contributed by atoms with Gasteiger partial charge in [-0.2, -0.15) is 0 Å². The predicted molar refractivity (Wildman–Crippen MR) is 97.8 cm³/mol. The fourth-order valence-electron chi connectivity index (χ4n) is 2.27. The van der Waals surface area contributed by atoms with E-state index >= 15 is 0 Å². The van der Waals surface area contributed by atoms with E-state index in [9.17, 15) is 19.2 Å². The quantitative estimate of drug-likeness (QED) is 0.248. The van der Waals surface area contributed by atoms with Crippen molar-refractivity contribution >= 4 is 23.6 Å². The van der Waals surface area contributed by atoms with E-state index < -0.39 is 23.7 Å². The van der Waals surface area contributed by atoms with Crippen LogP contribution in [0, 0.1) is 5.92 Å². The molecule has 0 aromatic heterocycles. The average molecular weight is 357 g/mol. The largest absolute Gasteiger partial charge is 0.465 e. The summed E-state index contributed by atoms with van der Waals surface area (Å²) in [7, 11) is 1.33. The van der Waals surface area contributed by atoms with Crippen LogP contribution < -0.4 is 5.32 Å². The molecule has 0 saturated carbocycles. The first-order valence-corrected chi connectivity index (χ1v) is 8.12. The van der Waals surface area contributed by atoms with Gasteiger partial charge in [0.25, 0.3) is 0 Å². The number of carbonyl (C=O) groups is 4. The van der Waals surface area contributed by atoms with Crippen LogP contribution in [0.5, 0.6) is 0 Å². The van der Waals surface area contributed by atoms with E-state index in [0.29, 0.717) is 11.1 Å². The zero-order chi connectivity index (χ0) is 19.7. The Balaban J connectivity index is 2.67. The second-order valence-electron chi connectivity index (χ2n) is 5.75. The van der Waals surface area contributed by atoms with Crippen LogP contribution in [0.2, 0.25) is 0 Å². The Bertz CT molecular complexity index is 750. The lowest BCUT2D eigenvalue weighted by molar-refractivity contribution is -0.136. The molecule has 1 saturated heterocycles. The van der Waals surface area contributed by atoms with Gasteiger partial charge in [-0.1, -0.05) is 42.0 Å². The first kappa shape index (κ1) is 21.0. The van der Waals surface area contributed by atoms with Gasteiger partial charge in [0.2, 0.25) is 11.8 Å². The van der Waals surface area contributed by atoms with E-state index in [2.05, 4.69) is 10.1 Å². The molecule has 0 aromatic rings. The van der Waals surface area contributed by atoms with Crippen LogP contribution in [-0.4, -0.2) is 30.7 Å². The molecule has 0 bridgehead atoms. The molecule has 1 heterocycles. The number of carbonyl (C=O) groups excluding carboxylic acids is 4. The van der Waals surface area contributed by atoms with Crippen LogP contribution in [0.3, 0.4) is 0 Å². The molecule has 1 unspecified atom stereocenters. The number of Topliss-reactive ketones (excluding diaryl/α,β-unsaturated/α-hetero) is 1. The number of rotatable bonds is 7. The summed E-state index contributed by atoms with van der Waals surface area (Å²) in [5.41, 5.74) is 1.72. The SMILES string of the molecule is C/C=C(/C=C(C)/C=C/C=C/C=C(\C)C(=O)C1CC(=O)NC1=O)C(=O)OC. The number of nitrogens with one attached hydrogen (secondary N) is 1. The second kappa shape index (κ2) is 10.1. The van der Waals surface area contributed by atoms with E-state index in [1.807, 2.05) is 6.92 Å². The van der Waals surface area contributed by atoms with Crippen molar-refractivity contribution < 1.29 is 23.9 Å². The molecule has 1 rings (SSSR count). The molecule has 26 heavy (non-hydrogen) atoms. The normalized spacial score (nSPS) is 19.4. The molecule has 1 atom stereocenters. The smallest absolute Gasteiger partial charge is 0.337 e. The Kier molecular flexibility index (Phi) is 8.15. The summed E-state index contributed by atoms with van der Waals surface area (Å²) in [5.74, 6) is -2.64. The van der Waals surface area contributed by atoms with Gasteiger partial charge in [-0.15, -0.1) is 0 Å². The minimum atomic E-state index is -0.926. The maximum atomic E-state index is 12.1. The molecule has 138 valence electrons. The molecule has 6 heteroatoms. The molecule has 0 aliphatic carbocycles. The van der Waals surface area contributed by atoms with Gasteiger partial charge >= 0.3 is 5.97 Å². The number of esters is 1. The highest BCUT2D eigenvalue weighted by Crippen LogP contribution is 2.16. The van der Waals surface area contributed by atoms with Crippen molar-refractivity contribution in [2.24, 2.45) is 5.92 Å². The van der Waals surface area contributed by atoms with Gasteiger partial charge in [-0.05, 0) is 32.4 Å². The number of ether oxygens (including phenoxy) is 1. The Morgan fingerprint density at radius 3 is 2.38 bits per heavy atom. The molecule has 2 amide bonds. The summed E-state index contributed by atoms with van der Waals surface area (Å²) in [6.07, 6.45) is 11.8. The zero-order valence-corrected chi connectivity index (χ0v) is 15.4. The van der Waals surface area contributed by atoms with Gasteiger partial charge in [0, 0.05) is 6.42 Å². The first-order valence-electron chi connectivity index (χ1n) is 8.12. The fourth-order valence-corrected chi connectivity index (χ4v) is 2.27. The molecular formula is C20H23NO5. The third-order valence-electron chi connectivity index (χ3n) is 3.72. The van der Waals surface area contributed by atoms with Crippen molar-refractivity contribution in [3.8, 4) is 0 Å². The van der Waals surface area contributed by atoms with Crippen molar-refractivity contribution in [2.75, 3.05) is 7.11 Å². The second-order valence-corrected chi connectivity index (χ2v) is 5.75. The van der Waals surface area contributed by atoms with Crippen molar-refractivity contribution in [2.45, 2.75) is 27.2 Å². The standard InChI is InChI=1S/C20H23NO5/c1-5-15(20(25)26-4)11-13(2)9-7-6-8-10-14(3)18(23)16-12-17(22)21-19(16)24/h5-11,16H,12H2,1-4H3,(H,21,22,24)/b8-6+,9-7+,13-11+,14-10+,15-5-. The molecule has 6 nitrogen and oxygen atoms in total. The zero-order valence-electron chi connectivity index (χ0n) is 15.4. The number of hydrogen-bond acceptors (Lipinski definition) is 5. The number of imide groups is 1. The number of hydrogen-bond donors (Lipinski definition) is 1. The van der Waals surface area contributed by atoms with E-state index in [-0.39, 0.29) is 12.2 Å². The summed E-state index contributed by atoms with van der Waals surface area (Å²) < 4.78 is 4.67. The molecule has 0 spiro atoms. The summed E-state index contributed by atoms with van der Waals surface area (Å²) in [6, 6.07) is 0. The lowest BCUT2D eigenvalue weighted by atomic mass is 9.97. The Hall–Kier alpha value is -3.02. The van der Waals surface area contributed by atoms with Crippen molar-refractivity contribution in [3.05, 3.63) is 59.3 Å². The predicted octanol–water partition coefficient (Wildman–Crippen LogP) is 2.34. The molecular weight excluding hydrogens is 334 g/mol. The highest BCUT2D eigenvalue weighted by molar-refractivity contribution is 6.18. The lowest BCUT2D eigenvalue weighted by Crippen LogP contribution is -2.26. The van der Waals surface area contributed by atoms with E-state index in [1.54, 1.807) is 56.4 Å². The van der Waals surface area contributed by atoms with Crippen LogP contribution in [0.25, 0.3) is 0 Å². The van der Waals surface area contributed by atoms with Crippen LogP contribution in [0.15, 0.2) is 59.3 Å². The first-order chi connectivity index (χ1) is 12.3. The molecule has 0 radical (unpaired) electrons. The van der Waals surface area contributed by atoms with Crippen molar-refractivity contribution in [1.29, 1.82) is 0 Å². The number of allylic oxidation sites excluding steroid dienone is 8. The Labute approximate surface area is 153 Å². The van der Waals surface area contributed by atoms with Gasteiger partial charge in [0.15, 0.2) is 5.78 Å². The van der Waals surface area contributed by atoms with Crippen LogP contribution in [-0.2, 0) is 23.9 Å². The molecule has 1 aliphatic heterocycles. The van der Waals surface area contributed by atoms with Crippen molar-refractivity contribution in [1.82, 2.24) is 5.32 Å². The van der Waals surface area contributed by atoms with Gasteiger partial charge in [0.05, 0.1) is 12.7 Å². The fraction of sp³-hybridized carbons (Fsp3) is 0.300. The Morgan fingerprint density at radius 2 is 1.85 bits per heavy atom. The number of amides is 2. The van der Waals surface area contributed by atoms with Gasteiger partial charge < -0.3 is 4.74 Å². The monoisotopic (exact) mass is 357 g/mol. The van der Waals surface area contributed by atoms with Crippen LogP contribution in [0.1, 0.15) is 27.2 Å². The number of methoxy groups -OCH3 is 1. The lowest BCUT2D eigenvalue weighted by Gasteiger charge is -2.03. The molecule has 1 aliphatic rings. The van der Waals surface area contributed by atoms with Gasteiger partial charge in [-0.25, -0.2) is 4.79 Å². The third kappa shape index (κ3) is 6.12. The third-order valence-corrected chi connectivity index (χ3v) is 3.72. The van der Waals surface area contributed by atoms with Gasteiger partial charge in [-0.3, -0.25) is 19.7 Å². The summed E-state index contributed by atoms with van der Waals surface area (Å²) in [5, 5.41) is 2.13. The van der Waals surface area contributed by atoms with Crippen LogP contribution >= 0.6 is 0 Å². The Morgan fingerprint density at radius 1 is 1.15 bits per heavy atom. The maximum Gasteiger partial charge on any atom is 0.337 e. The van der Waals surface area contributed by atoms with Gasteiger partial charge in [0.1, 0.15) is 5.92 Å².